The molecule has 2 unspecified atom stereocenters. The lowest BCUT2D eigenvalue weighted by molar-refractivity contribution is 0.359. The lowest BCUT2D eigenvalue weighted by Gasteiger charge is -2.23. The molecule has 0 amide bonds. The van der Waals surface area contributed by atoms with Gasteiger partial charge in [-0.25, -0.2) is 0 Å². The second kappa shape index (κ2) is 8.71. The van der Waals surface area contributed by atoms with Gasteiger partial charge in [0.05, 0.1) is 0 Å². The summed E-state index contributed by atoms with van der Waals surface area (Å²) < 4.78 is 0. The minimum atomic E-state index is 0.566. The molecule has 0 aliphatic carbocycles. The normalized spacial score (nSPS) is 14.7. The van der Waals surface area contributed by atoms with Gasteiger partial charge in [0, 0.05) is 10.9 Å². The molecule has 2 atom stereocenters. The van der Waals surface area contributed by atoms with Crippen molar-refractivity contribution < 1.29 is 0 Å². The quantitative estimate of drug-likeness (QED) is 0.639. The van der Waals surface area contributed by atoms with Gasteiger partial charge in [-0.2, -0.15) is 0 Å². The highest BCUT2D eigenvalue weighted by Crippen LogP contribution is 2.31. The average Bonchev–Trinajstić information content (AvgIpc) is 2.79. The SMILES string of the molecule is CCCCC(CC)CC(NCC)c1sccc1C. The van der Waals surface area contributed by atoms with Gasteiger partial charge in [0.25, 0.3) is 0 Å². The Bertz CT molecular complexity index is 319. The van der Waals surface area contributed by atoms with Crippen LogP contribution in [0.2, 0.25) is 0 Å². The number of hydrogen-bond donors (Lipinski definition) is 1. The standard InChI is InChI=1S/C16H29NS/c1-5-8-9-14(6-2)12-15(17-7-3)16-13(4)10-11-18-16/h10-11,14-15,17H,5-9,12H2,1-4H3. The summed E-state index contributed by atoms with van der Waals surface area (Å²) in [5.74, 6) is 0.871. The summed E-state index contributed by atoms with van der Waals surface area (Å²) in [6.07, 6.45) is 6.69. The number of nitrogens with one attached hydrogen (secondary N) is 1. The largest absolute Gasteiger partial charge is 0.310 e. The molecule has 1 N–H and O–H groups in total. The van der Waals surface area contributed by atoms with Crippen molar-refractivity contribution in [2.75, 3.05) is 6.54 Å². The van der Waals surface area contributed by atoms with E-state index in [4.69, 9.17) is 0 Å². The Kier molecular flexibility index (Phi) is 7.60. The lowest BCUT2D eigenvalue weighted by atomic mass is 9.91. The van der Waals surface area contributed by atoms with Gasteiger partial charge in [-0.1, -0.05) is 46.5 Å². The van der Waals surface area contributed by atoms with Crippen molar-refractivity contribution in [3.05, 3.63) is 21.9 Å². The van der Waals surface area contributed by atoms with Crippen molar-refractivity contribution in [2.24, 2.45) is 5.92 Å². The summed E-state index contributed by atoms with van der Waals surface area (Å²) in [6.45, 7) is 10.1. The summed E-state index contributed by atoms with van der Waals surface area (Å²) in [5.41, 5.74) is 1.45. The highest BCUT2D eigenvalue weighted by molar-refractivity contribution is 7.10. The number of aryl methyl sites for hydroxylation is 1. The fourth-order valence-corrected chi connectivity index (χ4v) is 3.60. The molecule has 0 bridgehead atoms. The van der Waals surface area contributed by atoms with E-state index in [2.05, 4.69) is 44.5 Å². The van der Waals surface area contributed by atoms with Crippen molar-refractivity contribution in [3.63, 3.8) is 0 Å². The van der Waals surface area contributed by atoms with Crippen LogP contribution in [0.1, 0.15) is 69.4 Å². The van der Waals surface area contributed by atoms with E-state index >= 15 is 0 Å². The molecule has 104 valence electrons. The van der Waals surface area contributed by atoms with Crippen molar-refractivity contribution >= 4 is 11.3 Å². The Labute approximate surface area is 117 Å². The topological polar surface area (TPSA) is 12.0 Å². The van der Waals surface area contributed by atoms with Gasteiger partial charge in [-0.3, -0.25) is 0 Å². The molecule has 0 saturated heterocycles. The molecule has 0 aromatic carbocycles. The minimum absolute atomic E-state index is 0.566. The first kappa shape index (κ1) is 15.7. The Morgan fingerprint density at radius 2 is 2.06 bits per heavy atom. The van der Waals surface area contributed by atoms with Crippen molar-refractivity contribution in [1.29, 1.82) is 0 Å². The highest BCUT2D eigenvalue weighted by atomic mass is 32.1. The van der Waals surface area contributed by atoms with Gasteiger partial charge in [0.1, 0.15) is 0 Å². The van der Waals surface area contributed by atoms with Crippen LogP contribution in [0.5, 0.6) is 0 Å². The molecule has 2 heteroatoms. The van der Waals surface area contributed by atoms with Crippen LogP contribution >= 0.6 is 11.3 Å². The first-order chi connectivity index (χ1) is 8.72. The number of hydrogen-bond acceptors (Lipinski definition) is 2. The van der Waals surface area contributed by atoms with E-state index in [1.807, 2.05) is 11.3 Å². The molecule has 0 radical (unpaired) electrons. The Balaban J connectivity index is 2.64. The second-order valence-electron chi connectivity index (χ2n) is 5.23. The highest BCUT2D eigenvalue weighted by Gasteiger charge is 2.18. The van der Waals surface area contributed by atoms with Gasteiger partial charge in [-0.05, 0) is 42.8 Å². The zero-order valence-corrected chi connectivity index (χ0v) is 13.3. The third kappa shape index (κ3) is 4.74. The van der Waals surface area contributed by atoms with E-state index in [1.165, 1.54) is 37.7 Å². The third-order valence-corrected chi connectivity index (χ3v) is 4.91. The van der Waals surface area contributed by atoms with Crippen LogP contribution in [0.3, 0.4) is 0 Å². The molecule has 18 heavy (non-hydrogen) atoms. The zero-order valence-electron chi connectivity index (χ0n) is 12.5. The first-order valence-corrected chi connectivity index (χ1v) is 8.38. The van der Waals surface area contributed by atoms with Crippen molar-refractivity contribution in [1.82, 2.24) is 5.32 Å². The minimum Gasteiger partial charge on any atom is -0.310 e. The fourth-order valence-electron chi connectivity index (χ4n) is 2.59. The fraction of sp³-hybridized carbons (Fsp3) is 0.750. The maximum Gasteiger partial charge on any atom is 0.0420 e. The summed E-state index contributed by atoms with van der Waals surface area (Å²) in [7, 11) is 0. The predicted molar refractivity (Wildman–Crippen MR) is 83.4 cm³/mol. The average molecular weight is 267 g/mol. The van der Waals surface area contributed by atoms with E-state index in [0.29, 0.717) is 6.04 Å². The molecular formula is C16H29NS. The van der Waals surface area contributed by atoms with Gasteiger partial charge in [0.2, 0.25) is 0 Å². The van der Waals surface area contributed by atoms with E-state index in [1.54, 1.807) is 4.88 Å². The van der Waals surface area contributed by atoms with Crippen molar-refractivity contribution in [2.45, 2.75) is 65.8 Å². The van der Waals surface area contributed by atoms with E-state index in [-0.39, 0.29) is 0 Å². The van der Waals surface area contributed by atoms with Crippen LogP contribution < -0.4 is 5.32 Å². The summed E-state index contributed by atoms with van der Waals surface area (Å²) in [4.78, 5) is 1.55. The van der Waals surface area contributed by atoms with Crippen LogP contribution in [0.25, 0.3) is 0 Å². The Morgan fingerprint density at radius 3 is 2.56 bits per heavy atom. The molecule has 0 aliphatic rings. The molecule has 0 spiro atoms. The second-order valence-corrected chi connectivity index (χ2v) is 6.18. The molecular weight excluding hydrogens is 238 g/mol. The van der Waals surface area contributed by atoms with Gasteiger partial charge < -0.3 is 5.32 Å². The molecule has 1 aromatic heterocycles. The summed E-state index contributed by atoms with van der Waals surface area (Å²) in [6, 6.07) is 2.81. The number of rotatable bonds is 9. The maximum atomic E-state index is 3.68. The predicted octanol–water partition coefficient (Wildman–Crippen LogP) is 5.31. The molecule has 1 rings (SSSR count). The number of unbranched alkanes of at least 4 members (excludes halogenated alkanes) is 1. The van der Waals surface area contributed by atoms with Crippen LogP contribution in [0.15, 0.2) is 11.4 Å². The van der Waals surface area contributed by atoms with Gasteiger partial charge >= 0.3 is 0 Å². The molecule has 0 aliphatic heterocycles. The van der Waals surface area contributed by atoms with E-state index < -0.39 is 0 Å². The van der Waals surface area contributed by atoms with Crippen LogP contribution in [0, 0.1) is 12.8 Å². The first-order valence-electron chi connectivity index (χ1n) is 7.50. The molecule has 1 nitrogen and oxygen atoms in total. The Morgan fingerprint density at radius 1 is 1.28 bits per heavy atom. The molecule has 0 fully saturated rings. The summed E-state index contributed by atoms with van der Waals surface area (Å²) >= 11 is 1.91. The van der Waals surface area contributed by atoms with Crippen LogP contribution in [-0.2, 0) is 0 Å². The lowest BCUT2D eigenvalue weighted by Crippen LogP contribution is -2.23. The van der Waals surface area contributed by atoms with E-state index in [0.717, 1.165) is 12.5 Å². The maximum absolute atomic E-state index is 3.68. The molecule has 1 aromatic rings. The Hall–Kier alpha value is -0.340. The van der Waals surface area contributed by atoms with Crippen molar-refractivity contribution in [3.8, 4) is 0 Å². The van der Waals surface area contributed by atoms with Gasteiger partial charge in [-0.15, -0.1) is 11.3 Å². The van der Waals surface area contributed by atoms with Crippen LogP contribution in [0.4, 0.5) is 0 Å². The van der Waals surface area contributed by atoms with E-state index in [9.17, 15) is 0 Å². The zero-order chi connectivity index (χ0) is 13.4. The van der Waals surface area contributed by atoms with Crippen LogP contribution in [-0.4, -0.2) is 6.54 Å². The number of thiophene rings is 1. The van der Waals surface area contributed by atoms with Gasteiger partial charge in [0.15, 0.2) is 0 Å². The molecule has 0 saturated carbocycles. The summed E-state index contributed by atoms with van der Waals surface area (Å²) in [5, 5.41) is 5.90. The third-order valence-electron chi connectivity index (χ3n) is 3.78. The smallest absolute Gasteiger partial charge is 0.0420 e. The monoisotopic (exact) mass is 267 g/mol. The molecule has 1 heterocycles.